The molecule has 0 unspecified atom stereocenters. The molecule has 230 valence electrons. The van der Waals surface area contributed by atoms with Crippen LogP contribution in [0.1, 0.15) is 30.9 Å². The monoisotopic (exact) mass is 627 g/mol. The Morgan fingerprint density at radius 1 is 0.814 bits per heavy atom. The van der Waals surface area contributed by atoms with Crippen LogP contribution in [0.4, 0.5) is 16.2 Å². The number of rotatable bonds is 11. The van der Waals surface area contributed by atoms with Gasteiger partial charge in [-0.15, -0.1) is 0 Å². The number of primary sulfonamides is 1. The molecule has 1 aliphatic rings. The summed E-state index contributed by atoms with van der Waals surface area (Å²) >= 11 is 0. The van der Waals surface area contributed by atoms with Crippen molar-refractivity contribution in [2.45, 2.75) is 36.1 Å². The molecule has 14 heteroatoms. The number of benzene rings is 3. The maximum Gasteiger partial charge on any atom is 0.323 e. The van der Waals surface area contributed by atoms with Gasteiger partial charge in [-0.3, -0.25) is 10.3 Å². The number of amidine groups is 1. The van der Waals surface area contributed by atoms with Gasteiger partial charge in [0, 0.05) is 49.7 Å². The number of carbonyl (C=O) groups is 1. The highest BCUT2D eigenvalue weighted by atomic mass is 32.2. The molecule has 3 aromatic carbocycles. The first-order chi connectivity index (χ1) is 20.4. The molecule has 0 atom stereocenters. The number of hydrogen-bond donors (Lipinski definition) is 5. The lowest BCUT2D eigenvalue weighted by Crippen LogP contribution is -2.48. The van der Waals surface area contributed by atoms with Crippen molar-refractivity contribution in [1.29, 1.82) is 5.41 Å². The highest BCUT2D eigenvalue weighted by Gasteiger charge is 2.20. The third kappa shape index (κ3) is 9.08. The van der Waals surface area contributed by atoms with Crippen LogP contribution in [-0.2, 0) is 26.6 Å². The maximum absolute atomic E-state index is 12.7. The summed E-state index contributed by atoms with van der Waals surface area (Å²) < 4.78 is 50.6. The molecule has 0 spiro atoms. The normalized spacial score (nSPS) is 14.3. The molecular formula is C29H37N7O5S2. The van der Waals surface area contributed by atoms with Crippen LogP contribution in [0.15, 0.2) is 82.6 Å². The quantitative estimate of drug-likeness (QED) is 0.160. The second-order valence-electron chi connectivity index (χ2n) is 10.2. The third-order valence-corrected chi connectivity index (χ3v) is 9.42. The van der Waals surface area contributed by atoms with E-state index in [0.29, 0.717) is 22.8 Å². The van der Waals surface area contributed by atoms with Crippen molar-refractivity contribution in [3.8, 4) is 0 Å². The molecule has 2 amide bonds. The third-order valence-electron chi connectivity index (χ3n) is 7.07. The fraction of sp³-hybridized carbons (Fsp3) is 0.310. The van der Waals surface area contributed by atoms with E-state index in [9.17, 15) is 21.6 Å². The van der Waals surface area contributed by atoms with Crippen molar-refractivity contribution >= 4 is 43.3 Å². The van der Waals surface area contributed by atoms with Crippen LogP contribution in [-0.4, -0.2) is 71.2 Å². The number of nitrogens with two attached hydrogens (primary N) is 1. The van der Waals surface area contributed by atoms with Crippen molar-refractivity contribution in [3.63, 3.8) is 0 Å². The van der Waals surface area contributed by atoms with Gasteiger partial charge >= 0.3 is 6.03 Å². The van der Waals surface area contributed by atoms with E-state index in [1.54, 1.807) is 12.1 Å². The molecule has 43 heavy (non-hydrogen) atoms. The molecule has 0 bridgehead atoms. The van der Waals surface area contributed by atoms with Crippen molar-refractivity contribution in [3.05, 3.63) is 83.9 Å². The first-order valence-electron chi connectivity index (χ1n) is 13.9. The minimum atomic E-state index is -3.86. The molecule has 1 heterocycles. The summed E-state index contributed by atoms with van der Waals surface area (Å²) in [6, 6.07) is 17.8. The molecule has 1 fully saturated rings. The zero-order valence-corrected chi connectivity index (χ0v) is 25.5. The van der Waals surface area contributed by atoms with E-state index in [4.69, 9.17) is 10.5 Å². The second kappa shape index (κ2) is 14.1. The molecule has 4 rings (SSSR count). The number of anilines is 2. The van der Waals surface area contributed by atoms with E-state index in [1.165, 1.54) is 61.4 Å². The first-order valence-corrected chi connectivity index (χ1v) is 16.9. The van der Waals surface area contributed by atoms with Gasteiger partial charge in [0.1, 0.15) is 5.84 Å². The number of sulfonamides is 2. The maximum atomic E-state index is 12.7. The number of nitrogens with one attached hydrogen (secondary N) is 4. The lowest BCUT2D eigenvalue weighted by molar-refractivity contribution is 0.180. The minimum Gasteiger partial charge on any atom is -0.354 e. The zero-order chi connectivity index (χ0) is 31.0. The Bertz CT molecular complexity index is 1620. The standard InChI is InChI=1S/C29H37N7O5S2/c1-2-3-16-35-17-19-36(20-18-35)28(30)23-6-8-24(9-7-23)33-29(37)34-25-10-14-27(15-11-25)43(40,41)32-21-22-4-12-26(13-5-22)42(31,38)39/h4-15,30,32H,2-3,16-21H2,1H3,(H2,31,38,39)(H2,33,34,37). The van der Waals surface area contributed by atoms with E-state index in [0.717, 1.165) is 38.3 Å². The van der Waals surface area contributed by atoms with Crippen molar-refractivity contribution in [2.24, 2.45) is 5.14 Å². The van der Waals surface area contributed by atoms with Crippen molar-refractivity contribution in [1.82, 2.24) is 14.5 Å². The van der Waals surface area contributed by atoms with Gasteiger partial charge in [0.15, 0.2) is 0 Å². The van der Waals surface area contributed by atoms with Gasteiger partial charge in [-0.05, 0) is 79.2 Å². The van der Waals surface area contributed by atoms with E-state index < -0.39 is 26.1 Å². The minimum absolute atomic E-state index is 0.0000226. The molecule has 1 saturated heterocycles. The molecule has 3 aromatic rings. The molecule has 6 N–H and O–H groups in total. The summed E-state index contributed by atoms with van der Waals surface area (Å²) in [7, 11) is -7.69. The topological polar surface area (TPSA) is 178 Å². The largest absolute Gasteiger partial charge is 0.354 e. The molecular weight excluding hydrogens is 590 g/mol. The van der Waals surface area contributed by atoms with Gasteiger partial charge in [0.2, 0.25) is 20.0 Å². The number of carbonyl (C=O) groups excluding carboxylic acids is 1. The summed E-state index contributed by atoms with van der Waals surface area (Å²) in [5, 5.41) is 19.1. The Morgan fingerprint density at radius 3 is 1.88 bits per heavy atom. The van der Waals surface area contributed by atoms with Gasteiger partial charge in [0.25, 0.3) is 0 Å². The van der Waals surface area contributed by atoms with Crippen molar-refractivity contribution in [2.75, 3.05) is 43.4 Å². The molecule has 1 aliphatic heterocycles. The summed E-state index contributed by atoms with van der Waals surface area (Å²) in [5.41, 5.74) is 2.28. The van der Waals surface area contributed by atoms with E-state index in [1.807, 2.05) is 12.1 Å². The first kappa shape index (κ1) is 32.1. The number of unbranched alkanes of at least 4 members (excludes halogenated alkanes) is 1. The average molecular weight is 628 g/mol. The van der Waals surface area contributed by atoms with E-state index >= 15 is 0 Å². The molecule has 12 nitrogen and oxygen atoms in total. The van der Waals surface area contributed by atoms with Crippen LogP contribution < -0.4 is 20.5 Å². The highest BCUT2D eigenvalue weighted by molar-refractivity contribution is 7.89. The Kier molecular flexibility index (Phi) is 10.5. The van der Waals surface area contributed by atoms with Gasteiger partial charge < -0.3 is 15.5 Å². The summed E-state index contributed by atoms with van der Waals surface area (Å²) in [5.74, 6) is 0.468. The number of amides is 2. The van der Waals surface area contributed by atoms with Crippen molar-refractivity contribution < 1.29 is 21.6 Å². The average Bonchev–Trinajstić information content (AvgIpc) is 2.99. The molecule has 0 radical (unpaired) electrons. The van der Waals surface area contributed by atoms with Crippen LogP contribution >= 0.6 is 0 Å². The Morgan fingerprint density at radius 2 is 1.35 bits per heavy atom. The fourth-order valence-corrected chi connectivity index (χ4v) is 6.07. The van der Waals surface area contributed by atoms with Gasteiger partial charge in [-0.2, -0.15) is 0 Å². The SMILES string of the molecule is CCCCN1CCN(C(=N)c2ccc(NC(=O)Nc3ccc(S(=O)(=O)NCc4ccc(S(N)(=O)=O)cc4)cc3)cc2)CC1. The van der Waals surface area contributed by atoms with Gasteiger partial charge in [0.05, 0.1) is 9.79 Å². The summed E-state index contributed by atoms with van der Waals surface area (Å²) in [6.45, 7) is 6.77. The number of hydrogen-bond acceptors (Lipinski definition) is 7. The van der Waals surface area contributed by atoms with Gasteiger partial charge in [-0.1, -0.05) is 25.5 Å². The zero-order valence-electron chi connectivity index (χ0n) is 23.9. The van der Waals surface area contributed by atoms with Gasteiger partial charge in [-0.25, -0.2) is 31.5 Å². The predicted molar refractivity (Wildman–Crippen MR) is 167 cm³/mol. The van der Waals surface area contributed by atoms with Crippen LogP contribution in [0.5, 0.6) is 0 Å². The molecule has 0 aliphatic carbocycles. The van der Waals surface area contributed by atoms with Crippen LogP contribution in [0.3, 0.4) is 0 Å². The molecule has 0 aromatic heterocycles. The number of nitrogens with zero attached hydrogens (tertiary/aromatic N) is 2. The predicted octanol–water partition coefficient (Wildman–Crippen LogP) is 3.20. The van der Waals surface area contributed by atoms with Crippen LogP contribution in [0.2, 0.25) is 0 Å². The molecule has 0 saturated carbocycles. The van der Waals surface area contributed by atoms with Crippen LogP contribution in [0, 0.1) is 5.41 Å². The highest BCUT2D eigenvalue weighted by Crippen LogP contribution is 2.17. The lowest BCUT2D eigenvalue weighted by Gasteiger charge is -2.36. The van der Waals surface area contributed by atoms with E-state index in [2.05, 4.69) is 32.1 Å². The Balaban J connectivity index is 1.25. The number of piperazine rings is 1. The fourth-order valence-electron chi connectivity index (χ4n) is 4.54. The number of urea groups is 1. The van der Waals surface area contributed by atoms with E-state index in [-0.39, 0.29) is 16.3 Å². The summed E-state index contributed by atoms with van der Waals surface area (Å²) in [4.78, 5) is 17.0. The van der Waals surface area contributed by atoms with Crippen LogP contribution in [0.25, 0.3) is 0 Å². The second-order valence-corrected chi connectivity index (χ2v) is 13.6. The Labute approximate surface area is 252 Å². The smallest absolute Gasteiger partial charge is 0.323 e. The Hall–Kier alpha value is -3.82. The lowest BCUT2D eigenvalue weighted by atomic mass is 10.1. The summed E-state index contributed by atoms with van der Waals surface area (Å²) in [6.07, 6.45) is 2.37.